The van der Waals surface area contributed by atoms with Crippen LogP contribution in [0.5, 0.6) is 0 Å². The molecule has 0 aliphatic carbocycles. The van der Waals surface area contributed by atoms with Crippen molar-refractivity contribution in [3.05, 3.63) is 29.3 Å². The number of hydrogen-bond donors (Lipinski definition) is 3. The molecule has 1 saturated heterocycles. The highest BCUT2D eigenvalue weighted by molar-refractivity contribution is 5.94. The molecule has 6 nitrogen and oxygen atoms in total. The van der Waals surface area contributed by atoms with Crippen LogP contribution in [0.4, 0.5) is 5.69 Å². The fraction of sp³-hybridized carbons (Fsp3) is 0.500. The Labute approximate surface area is 130 Å². The molecular weight excluding hydrogens is 282 g/mol. The van der Waals surface area contributed by atoms with Crippen molar-refractivity contribution >= 4 is 17.6 Å². The van der Waals surface area contributed by atoms with Crippen LogP contribution in [0.25, 0.3) is 0 Å². The number of rotatable bonds is 5. The van der Waals surface area contributed by atoms with Crippen LogP contribution in [-0.4, -0.2) is 54.1 Å². The molecular formula is C16H23N3O3. The van der Waals surface area contributed by atoms with E-state index in [1.807, 2.05) is 36.9 Å². The van der Waals surface area contributed by atoms with E-state index < -0.39 is 12.0 Å². The maximum atomic E-state index is 12.2. The lowest BCUT2D eigenvalue weighted by atomic mass is 10.1. The van der Waals surface area contributed by atoms with E-state index in [9.17, 15) is 14.7 Å². The van der Waals surface area contributed by atoms with Gasteiger partial charge in [0, 0.05) is 31.9 Å². The first-order valence-electron chi connectivity index (χ1n) is 7.51. The molecule has 6 heteroatoms. The summed E-state index contributed by atoms with van der Waals surface area (Å²) in [7, 11) is 0. The Kier molecular flexibility index (Phi) is 5.51. The van der Waals surface area contributed by atoms with Gasteiger partial charge in [0.1, 0.15) is 6.04 Å². The maximum absolute atomic E-state index is 12.2. The Morgan fingerprint density at radius 3 is 2.36 bits per heavy atom. The van der Waals surface area contributed by atoms with Crippen molar-refractivity contribution in [2.75, 3.05) is 31.5 Å². The largest absolute Gasteiger partial charge is 0.480 e. The van der Waals surface area contributed by atoms with Gasteiger partial charge in [0.2, 0.25) is 5.91 Å². The number of carboxylic acids is 1. The zero-order valence-electron chi connectivity index (χ0n) is 13.1. The van der Waals surface area contributed by atoms with Crippen LogP contribution >= 0.6 is 0 Å². The lowest BCUT2D eigenvalue weighted by Crippen LogP contribution is -2.52. The normalized spacial score (nSPS) is 17.0. The molecule has 1 aliphatic rings. The maximum Gasteiger partial charge on any atom is 0.321 e. The van der Waals surface area contributed by atoms with Gasteiger partial charge >= 0.3 is 5.97 Å². The SMILES string of the molecule is Cc1cc(C)cc(NC(=O)CC(C(=O)O)N2CCNCC2)c1. The van der Waals surface area contributed by atoms with Gasteiger partial charge in [-0.05, 0) is 37.1 Å². The number of amides is 1. The number of anilines is 1. The minimum atomic E-state index is -0.947. The highest BCUT2D eigenvalue weighted by atomic mass is 16.4. The quantitative estimate of drug-likeness (QED) is 0.756. The first-order chi connectivity index (χ1) is 10.5. The smallest absolute Gasteiger partial charge is 0.321 e. The number of carboxylic acid groups (broad SMARTS) is 1. The summed E-state index contributed by atoms with van der Waals surface area (Å²) < 4.78 is 0. The molecule has 120 valence electrons. The van der Waals surface area contributed by atoms with E-state index in [1.165, 1.54) is 0 Å². The zero-order chi connectivity index (χ0) is 16.1. The fourth-order valence-corrected chi connectivity index (χ4v) is 2.80. The van der Waals surface area contributed by atoms with E-state index in [0.29, 0.717) is 18.8 Å². The van der Waals surface area contributed by atoms with Crippen LogP contribution in [-0.2, 0) is 9.59 Å². The lowest BCUT2D eigenvalue weighted by molar-refractivity contribution is -0.145. The van der Waals surface area contributed by atoms with Crippen molar-refractivity contribution in [1.29, 1.82) is 0 Å². The second-order valence-corrected chi connectivity index (χ2v) is 5.77. The number of nitrogens with zero attached hydrogens (tertiary/aromatic N) is 1. The molecule has 1 aliphatic heterocycles. The second-order valence-electron chi connectivity index (χ2n) is 5.77. The van der Waals surface area contributed by atoms with Crippen molar-refractivity contribution in [1.82, 2.24) is 10.2 Å². The summed E-state index contributed by atoms with van der Waals surface area (Å²) in [6, 6.07) is 5.01. The van der Waals surface area contributed by atoms with Gasteiger partial charge in [-0.2, -0.15) is 0 Å². The van der Waals surface area contributed by atoms with Gasteiger partial charge in [0.25, 0.3) is 0 Å². The molecule has 0 spiro atoms. The van der Waals surface area contributed by atoms with Gasteiger partial charge in [-0.25, -0.2) is 0 Å². The number of carbonyl (C=O) groups is 2. The molecule has 1 fully saturated rings. The van der Waals surface area contributed by atoms with Crippen LogP contribution < -0.4 is 10.6 Å². The van der Waals surface area contributed by atoms with Crippen LogP contribution in [0, 0.1) is 13.8 Å². The van der Waals surface area contributed by atoms with E-state index in [0.717, 1.165) is 24.2 Å². The van der Waals surface area contributed by atoms with Gasteiger partial charge in [-0.3, -0.25) is 14.5 Å². The zero-order valence-corrected chi connectivity index (χ0v) is 13.1. The first kappa shape index (κ1) is 16.5. The first-order valence-corrected chi connectivity index (χ1v) is 7.51. The fourth-order valence-electron chi connectivity index (χ4n) is 2.80. The number of piperazine rings is 1. The van der Waals surface area contributed by atoms with Gasteiger partial charge in [-0.1, -0.05) is 6.07 Å². The predicted molar refractivity (Wildman–Crippen MR) is 85.0 cm³/mol. The second kappa shape index (κ2) is 7.38. The molecule has 0 radical (unpaired) electrons. The van der Waals surface area contributed by atoms with Crippen molar-refractivity contribution in [3.8, 4) is 0 Å². The monoisotopic (exact) mass is 305 g/mol. The summed E-state index contributed by atoms with van der Waals surface area (Å²) in [5, 5.41) is 15.4. The minimum Gasteiger partial charge on any atom is -0.480 e. The van der Waals surface area contributed by atoms with E-state index in [2.05, 4.69) is 10.6 Å². The summed E-state index contributed by atoms with van der Waals surface area (Å²) >= 11 is 0. The van der Waals surface area contributed by atoms with Crippen LogP contribution in [0.3, 0.4) is 0 Å². The summed E-state index contributed by atoms with van der Waals surface area (Å²) in [6.07, 6.45) is -0.0394. The molecule has 1 aromatic carbocycles. The van der Waals surface area contributed by atoms with Crippen molar-refractivity contribution in [2.24, 2.45) is 0 Å². The third-order valence-corrected chi connectivity index (χ3v) is 3.76. The van der Waals surface area contributed by atoms with Crippen LogP contribution in [0.1, 0.15) is 17.5 Å². The Hall–Kier alpha value is -1.92. The molecule has 3 N–H and O–H groups in total. The van der Waals surface area contributed by atoms with Crippen molar-refractivity contribution in [3.63, 3.8) is 0 Å². The number of benzene rings is 1. The molecule has 1 heterocycles. The standard InChI is InChI=1S/C16H23N3O3/c1-11-7-12(2)9-13(8-11)18-15(20)10-14(16(21)22)19-5-3-17-4-6-19/h7-9,14,17H,3-6,10H2,1-2H3,(H,18,20)(H,21,22). The van der Waals surface area contributed by atoms with Gasteiger partial charge < -0.3 is 15.7 Å². The Morgan fingerprint density at radius 1 is 1.23 bits per heavy atom. The van der Waals surface area contributed by atoms with Gasteiger partial charge in [0.05, 0.1) is 6.42 Å². The van der Waals surface area contributed by atoms with Gasteiger partial charge in [0.15, 0.2) is 0 Å². The number of nitrogens with one attached hydrogen (secondary N) is 2. The summed E-state index contributed by atoms with van der Waals surface area (Å²) in [5.74, 6) is -1.21. The van der Waals surface area contributed by atoms with Crippen molar-refractivity contribution < 1.29 is 14.7 Å². The Morgan fingerprint density at radius 2 is 1.82 bits per heavy atom. The molecule has 22 heavy (non-hydrogen) atoms. The third kappa shape index (κ3) is 4.54. The predicted octanol–water partition coefficient (Wildman–Crippen LogP) is 0.990. The minimum absolute atomic E-state index is 0.0394. The van der Waals surface area contributed by atoms with E-state index in [-0.39, 0.29) is 12.3 Å². The number of aliphatic carboxylic acids is 1. The Bertz CT molecular complexity index is 533. The molecule has 1 unspecified atom stereocenters. The number of aryl methyl sites for hydroxylation is 2. The molecule has 1 amide bonds. The van der Waals surface area contributed by atoms with E-state index in [4.69, 9.17) is 0 Å². The van der Waals surface area contributed by atoms with Crippen LogP contribution in [0.15, 0.2) is 18.2 Å². The molecule has 0 saturated carbocycles. The molecule has 1 atom stereocenters. The summed E-state index contributed by atoms with van der Waals surface area (Å²) in [6.45, 7) is 6.72. The molecule has 0 aromatic heterocycles. The number of carbonyl (C=O) groups excluding carboxylic acids is 1. The van der Waals surface area contributed by atoms with Crippen molar-refractivity contribution in [2.45, 2.75) is 26.3 Å². The summed E-state index contributed by atoms with van der Waals surface area (Å²) in [5.41, 5.74) is 2.84. The Balaban J connectivity index is 2.00. The average Bonchev–Trinajstić information content (AvgIpc) is 2.44. The average molecular weight is 305 g/mol. The topological polar surface area (TPSA) is 81.7 Å². The molecule has 0 bridgehead atoms. The highest BCUT2D eigenvalue weighted by Crippen LogP contribution is 2.15. The number of hydrogen-bond acceptors (Lipinski definition) is 4. The highest BCUT2D eigenvalue weighted by Gasteiger charge is 2.29. The van der Waals surface area contributed by atoms with Gasteiger partial charge in [-0.15, -0.1) is 0 Å². The van der Waals surface area contributed by atoms with Crippen LogP contribution in [0.2, 0.25) is 0 Å². The van der Waals surface area contributed by atoms with E-state index in [1.54, 1.807) is 0 Å². The molecule has 2 rings (SSSR count). The third-order valence-electron chi connectivity index (χ3n) is 3.76. The summed E-state index contributed by atoms with van der Waals surface area (Å²) in [4.78, 5) is 25.5. The lowest BCUT2D eigenvalue weighted by Gasteiger charge is -2.32. The van der Waals surface area contributed by atoms with E-state index >= 15 is 0 Å². The molecule has 1 aromatic rings.